The fourth-order valence-electron chi connectivity index (χ4n) is 4.18. The molecule has 1 aliphatic rings. The summed E-state index contributed by atoms with van der Waals surface area (Å²) in [6, 6.07) is 24.9. The van der Waals surface area contributed by atoms with E-state index in [0.717, 1.165) is 28.0 Å². The van der Waals surface area contributed by atoms with Crippen molar-refractivity contribution < 1.29 is 14.2 Å². The van der Waals surface area contributed by atoms with E-state index in [1.165, 1.54) is 5.56 Å². The number of methoxy groups -OCH3 is 2. The van der Waals surface area contributed by atoms with Gasteiger partial charge in [-0.15, -0.1) is 0 Å². The number of nitrogens with zero attached hydrogens (tertiary/aromatic N) is 4. The molecule has 4 aromatic rings. The van der Waals surface area contributed by atoms with Gasteiger partial charge in [-0.3, -0.25) is 4.57 Å². The topological polar surface area (TPSA) is 61.1 Å². The Hall–Kier alpha value is -3.84. The lowest BCUT2D eigenvalue weighted by atomic mass is 10.1. The lowest BCUT2D eigenvalue weighted by Gasteiger charge is -2.37. The molecule has 0 spiro atoms. The third kappa shape index (κ3) is 4.03. The van der Waals surface area contributed by atoms with Crippen LogP contribution in [0.3, 0.4) is 0 Å². The fraction of sp³-hybridized carbons (Fsp3) is 0.231. The molecule has 7 nitrogen and oxygen atoms in total. The maximum Gasteiger partial charge on any atom is 0.300 e. The van der Waals surface area contributed by atoms with Crippen molar-refractivity contribution in [2.75, 3.05) is 32.3 Å². The molecule has 7 heteroatoms. The molecule has 0 bridgehead atoms. The van der Waals surface area contributed by atoms with Crippen molar-refractivity contribution in [2.45, 2.75) is 12.8 Å². The van der Waals surface area contributed by atoms with E-state index in [0.29, 0.717) is 25.8 Å². The van der Waals surface area contributed by atoms with Gasteiger partial charge in [-0.05, 0) is 23.8 Å². The Labute approximate surface area is 192 Å². The number of hydrogen-bond acceptors (Lipinski definition) is 6. The van der Waals surface area contributed by atoms with E-state index < -0.39 is 6.29 Å². The van der Waals surface area contributed by atoms with E-state index in [9.17, 15) is 0 Å². The van der Waals surface area contributed by atoms with Gasteiger partial charge in [-0.25, -0.2) is 4.99 Å². The molecule has 1 unspecified atom stereocenters. The zero-order valence-corrected chi connectivity index (χ0v) is 18.7. The Kier molecular flexibility index (Phi) is 5.95. The average molecular weight is 443 g/mol. The fourth-order valence-corrected chi connectivity index (χ4v) is 4.18. The van der Waals surface area contributed by atoms with Crippen LogP contribution in [0.2, 0.25) is 0 Å². The molecule has 168 valence electrons. The summed E-state index contributed by atoms with van der Waals surface area (Å²) in [7, 11) is 3.31. The normalized spacial score (nSPS) is 15.0. The number of aromatic nitrogens is 2. The molecule has 0 saturated heterocycles. The van der Waals surface area contributed by atoms with Gasteiger partial charge >= 0.3 is 0 Å². The Morgan fingerprint density at radius 2 is 1.70 bits per heavy atom. The molecule has 0 N–H and O–H groups in total. The number of imidazole rings is 1. The highest BCUT2D eigenvalue weighted by atomic mass is 16.5. The Balaban J connectivity index is 1.66. The van der Waals surface area contributed by atoms with Gasteiger partial charge in [0.05, 0.1) is 30.4 Å². The average Bonchev–Trinajstić information content (AvgIpc) is 3.23. The first-order valence-electron chi connectivity index (χ1n) is 10.9. The SMILES string of the molecule is COCCOc1cccc2c1N(Cc1ccccc1)C(n1c(OC)nc3ccccc31)N=C2. The first-order valence-corrected chi connectivity index (χ1v) is 10.9. The Bertz CT molecular complexity index is 1270. The van der Waals surface area contributed by atoms with Crippen LogP contribution in [0.1, 0.15) is 17.4 Å². The van der Waals surface area contributed by atoms with Crippen molar-refractivity contribution in [1.29, 1.82) is 0 Å². The van der Waals surface area contributed by atoms with E-state index in [1.54, 1.807) is 14.2 Å². The summed E-state index contributed by atoms with van der Waals surface area (Å²) in [5, 5.41) is 0. The molecular formula is C26H26N4O3. The van der Waals surface area contributed by atoms with Crippen LogP contribution in [0.4, 0.5) is 5.69 Å². The van der Waals surface area contributed by atoms with Crippen molar-refractivity contribution in [1.82, 2.24) is 9.55 Å². The van der Waals surface area contributed by atoms with Gasteiger partial charge in [0.2, 0.25) is 6.29 Å². The van der Waals surface area contributed by atoms with Crippen LogP contribution in [0.25, 0.3) is 11.0 Å². The molecule has 3 aromatic carbocycles. The number of benzene rings is 3. The summed E-state index contributed by atoms with van der Waals surface area (Å²) in [5.74, 6) is 0.792. The van der Waals surface area contributed by atoms with E-state index in [1.807, 2.05) is 65.4 Å². The number of aliphatic imine (C=N–C) groups is 1. The molecule has 1 aromatic heterocycles. The monoisotopic (exact) mass is 442 g/mol. The van der Waals surface area contributed by atoms with Crippen LogP contribution in [-0.4, -0.2) is 43.2 Å². The lowest BCUT2D eigenvalue weighted by Crippen LogP contribution is -2.35. The van der Waals surface area contributed by atoms with Crippen LogP contribution in [0.15, 0.2) is 77.8 Å². The van der Waals surface area contributed by atoms with Gasteiger partial charge in [0, 0.05) is 25.4 Å². The number of hydrogen-bond donors (Lipinski definition) is 0. The summed E-state index contributed by atoms with van der Waals surface area (Å²) in [5.41, 5.74) is 4.97. The highest BCUT2D eigenvalue weighted by Gasteiger charge is 2.31. The zero-order chi connectivity index (χ0) is 22.6. The third-order valence-electron chi connectivity index (χ3n) is 5.66. The third-order valence-corrected chi connectivity index (χ3v) is 5.66. The van der Waals surface area contributed by atoms with Gasteiger partial charge < -0.3 is 19.1 Å². The minimum Gasteiger partial charge on any atom is -0.489 e. The van der Waals surface area contributed by atoms with Gasteiger partial charge in [-0.1, -0.05) is 54.6 Å². The molecule has 0 amide bonds. The van der Waals surface area contributed by atoms with Gasteiger partial charge in [-0.2, -0.15) is 4.98 Å². The molecule has 0 radical (unpaired) electrons. The van der Waals surface area contributed by atoms with Crippen molar-refractivity contribution in [3.63, 3.8) is 0 Å². The molecule has 0 aliphatic carbocycles. The number of para-hydroxylation sites is 3. The second-order valence-corrected chi connectivity index (χ2v) is 7.73. The molecule has 1 atom stereocenters. The maximum absolute atomic E-state index is 6.14. The van der Waals surface area contributed by atoms with Crippen LogP contribution < -0.4 is 14.4 Å². The molecule has 1 aliphatic heterocycles. The lowest BCUT2D eigenvalue weighted by molar-refractivity contribution is 0.146. The highest BCUT2D eigenvalue weighted by molar-refractivity contribution is 5.92. The predicted molar refractivity (Wildman–Crippen MR) is 129 cm³/mol. The van der Waals surface area contributed by atoms with Gasteiger partial charge in [0.25, 0.3) is 6.01 Å². The van der Waals surface area contributed by atoms with Crippen molar-refractivity contribution >= 4 is 22.9 Å². The molecule has 33 heavy (non-hydrogen) atoms. The van der Waals surface area contributed by atoms with Crippen LogP contribution in [0.5, 0.6) is 11.8 Å². The number of fused-ring (bicyclic) bond motifs is 2. The van der Waals surface area contributed by atoms with Crippen molar-refractivity contribution in [2.24, 2.45) is 4.99 Å². The molecule has 0 fully saturated rings. The van der Waals surface area contributed by atoms with E-state index in [2.05, 4.69) is 28.1 Å². The van der Waals surface area contributed by atoms with Gasteiger partial charge in [0.1, 0.15) is 12.4 Å². The highest BCUT2D eigenvalue weighted by Crippen LogP contribution is 2.42. The first kappa shape index (κ1) is 21.0. The summed E-state index contributed by atoms with van der Waals surface area (Å²) in [6.45, 7) is 1.61. The second-order valence-electron chi connectivity index (χ2n) is 7.73. The summed E-state index contributed by atoms with van der Waals surface area (Å²) in [6.07, 6.45) is 1.51. The van der Waals surface area contributed by atoms with E-state index in [-0.39, 0.29) is 0 Å². The quantitative estimate of drug-likeness (QED) is 0.371. The van der Waals surface area contributed by atoms with Crippen LogP contribution >= 0.6 is 0 Å². The van der Waals surface area contributed by atoms with Crippen LogP contribution in [-0.2, 0) is 11.3 Å². The minimum atomic E-state index is -0.396. The Morgan fingerprint density at radius 1 is 0.879 bits per heavy atom. The Morgan fingerprint density at radius 3 is 2.52 bits per heavy atom. The summed E-state index contributed by atoms with van der Waals surface area (Å²) in [4.78, 5) is 11.9. The molecule has 0 saturated carbocycles. The van der Waals surface area contributed by atoms with Gasteiger partial charge in [0.15, 0.2) is 0 Å². The van der Waals surface area contributed by atoms with Crippen LogP contribution in [0, 0.1) is 0 Å². The number of ether oxygens (including phenoxy) is 3. The van der Waals surface area contributed by atoms with E-state index in [4.69, 9.17) is 19.2 Å². The maximum atomic E-state index is 6.14. The standard InChI is InChI=1S/C26H26N4O3/c1-31-15-16-33-23-14-8-11-20-17-27-25(29(24(20)23)18-19-9-4-3-5-10-19)30-22-13-7-6-12-21(22)28-26(30)32-2/h3-14,17,25H,15-16,18H2,1-2H3. The molecule has 5 rings (SSSR count). The molecule has 2 heterocycles. The van der Waals surface area contributed by atoms with Crippen molar-refractivity contribution in [3.8, 4) is 11.8 Å². The second kappa shape index (κ2) is 9.34. The molecular weight excluding hydrogens is 416 g/mol. The predicted octanol–water partition coefficient (Wildman–Crippen LogP) is 4.67. The number of rotatable bonds is 8. The largest absolute Gasteiger partial charge is 0.489 e. The van der Waals surface area contributed by atoms with Crippen molar-refractivity contribution in [3.05, 3.63) is 83.9 Å². The minimum absolute atomic E-state index is 0.396. The van der Waals surface area contributed by atoms with E-state index >= 15 is 0 Å². The smallest absolute Gasteiger partial charge is 0.300 e. The summed E-state index contributed by atoms with van der Waals surface area (Å²) >= 11 is 0. The first-order chi connectivity index (χ1) is 16.3. The zero-order valence-electron chi connectivity index (χ0n) is 18.7. The number of anilines is 1. The summed E-state index contributed by atoms with van der Waals surface area (Å²) < 4.78 is 19.0.